The van der Waals surface area contributed by atoms with Crippen LogP contribution in [0.1, 0.15) is 15.9 Å². The molecule has 2 N–H and O–H groups in total. The Bertz CT molecular complexity index is 690. The fraction of sp³-hybridized carbons (Fsp3) is 0.167. The molecule has 6 nitrogen and oxygen atoms in total. The van der Waals surface area contributed by atoms with Gasteiger partial charge < -0.3 is 5.32 Å². The molecule has 116 valence electrons. The zero-order valence-corrected chi connectivity index (χ0v) is 11.8. The molecule has 10 heteroatoms. The van der Waals surface area contributed by atoms with Crippen molar-refractivity contribution in [1.82, 2.24) is 15.0 Å². The second-order valence-electron chi connectivity index (χ2n) is 4.03. The smallest absolute Gasteiger partial charge is 0.357 e. The summed E-state index contributed by atoms with van der Waals surface area (Å²) in [7, 11) is 1.55. The number of aromatic nitrogens is 3. The van der Waals surface area contributed by atoms with E-state index in [2.05, 4.69) is 25.6 Å². The predicted octanol–water partition coefficient (Wildman–Crippen LogP) is 2.84. The molecule has 0 bridgehead atoms. The Hall–Kier alpha value is -2.42. The molecule has 0 aliphatic rings. The number of carbonyl (C=O) groups is 1. The highest BCUT2D eigenvalue weighted by Crippen LogP contribution is 2.29. The third-order valence-electron chi connectivity index (χ3n) is 2.53. The van der Waals surface area contributed by atoms with Crippen LogP contribution in [0, 0.1) is 0 Å². The molecule has 0 aliphatic heterocycles. The van der Waals surface area contributed by atoms with Gasteiger partial charge in [-0.25, -0.2) is 0 Å². The first-order chi connectivity index (χ1) is 10.3. The molecule has 0 atom stereocenters. The van der Waals surface area contributed by atoms with Crippen LogP contribution in [0.4, 0.5) is 25.1 Å². The van der Waals surface area contributed by atoms with E-state index in [1.165, 1.54) is 0 Å². The molecule has 2 rings (SSSR count). The number of carbonyl (C=O) groups excluding carboxylic acids is 1. The topological polar surface area (TPSA) is 79.8 Å². The third kappa shape index (κ3) is 3.82. The van der Waals surface area contributed by atoms with E-state index >= 15 is 0 Å². The van der Waals surface area contributed by atoms with Crippen molar-refractivity contribution in [2.45, 2.75) is 6.18 Å². The molecule has 0 unspecified atom stereocenters. The van der Waals surface area contributed by atoms with Crippen LogP contribution in [0.3, 0.4) is 0 Å². The van der Waals surface area contributed by atoms with Gasteiger partial charge in [0, 0.05) is 12.6 Å². The molecule has 2 aromatic rings. The Labute approximate surface area is 127 Å². The first-order valence-electron chi connectivity index (χ1n) is 5.87. The molecule has 0 aliphatic carbocycles. The van der Waals surface area contributed by atoms with Crippen molar-refractivity contribution in [2.24, 2.45) is 0 Å². The minimum Gasteiger partial charge on any atom is -0.357 e. The van der Waals surface area contributed by atoms with Gasteiger partial charge in [0.15, 0.2) is 0 Å². The lowest BCUT2D eigenvalue weighted by atomic mass is 10.1. The molecule has 0 saturated carbocycles. The second kappa shape index (κ2) is 6.14. The van der Waals surface area contributed by atoms with Crippen LogP contribution in [0.5, 0.6) is 0 Å². The average Bonchev–Trinajstić information content (AvgIpc) is 2.45. The van der Waals surface area contributed by atoms with Gasteiger partial charge in [0.25, 0.3) is 5.91 Å². The molecule has 0 saturated heterocycles. The van der Waals surface area contributed by atoms with Gasteiger partial charge in [-0.15, -0.1) is 0 Å². The van der Waals surface area contributed by atoms with E-state index in [0.29, 0.717) is 0 Å². The average molecular weight is 332 g/mol. The van der Waals surface area contributed by atoms with Crippen molar-refractivity contribution in [2.75, 3.05) is 17.7 Å². The quantitative estimate of drug-likeness (QED) is 0.904. The van der Waals surface area contributed by atoms with Crippen LogP contribution in [0.2, 0.25) is 5.28 Å². The molecule has 0 radical (unpaired) electrons. The maximum atomic E-state index is 12.4. The van der Waals surface area contributed by atoms with Crippen LogP contribution < -0.4 is 10.6 Å². The number of anilines is 2. The first kappa shape index (κ1) is 16.0. The highest BCUT2D eigenvalue weighted by atomic mass is 35.5. The van der Waals surface area contributed by atoms with Gasteiger partial charge in [-0.3, -0.25) is 10.1 Å². The summed E-state index contributed by atoms with van der Waals surface area (Å²) in [6, 6.07) is 3.74. The summed E-state index contributed by atoms with van der Waals surface area (Å²) in [5.74, 6) is -0.644. The minimum absolute atomic E-state index is 0.0237. The SMILES string of the molecule is CNc1nc(Cl)nc(NC(=O)c2ccc(C(F)(F)F)cc2)n1. The minimum atomic E-state index is -4.46. The number of halogens is 4. The molecule has 1 aromatic heterocycles. The number of nitrogens with zero attached hydrogens (tertiary/aromatic N) is 3. The van der Waals surface area contributed by atoms with Gasteiger partial charge >= 0.3 is 6.18 Å². The fourth-order valence-electron chi connectivity index (χ4n) is 1.50. The maximum absolute atomic E-state index is 12.4. The predicted molar refractivity (Wildman–Crippen MR) is 73.8 cm³/mol. The normalized spacial score (nSPS) is 11.1. The van der Waals surface area contributed by atoms with E-state index < -0.39 is 17.6 Å². The Morgan fingerprint density at radius 1 is 1.09 bits per heavy atom. The third-order valence-corrected chi connectivity index (χ3v) is 2.70. The van der Waals surface area contributed by atoms with Gasteiger partial charge in [-0.2, -0.15) is 28.1 Å². The Kier molecular flexibility index (Phi) is 4.45. The van der Waals surface area contributed by atoms with Crippen molar-refractivity contribution in [3.05, 3.63) is 40.7 Å². The number of rotatable bonds is 3. The number of amides is 1. The molecule has 22 heavy (non-hydrogen) atoms. The van der Waals surface area contributed by atoms with Crippen LogP contribution >= 0.6 is 11.6 Å². The number of benzene rings is 1. The van der Waals surface area contributed by atoms with Crippen molar-refractivity contribution in [3.8, 4) is 0 Å². The Morgan fingerprint density at radius 2 is 1.68 bits per heavy atom. The van der Waals surface area contributed by atoms with Crippen LogP contribution in [0.15, 0.2) is 24.3 Å². The highest BCUT2D eigenvalue weighted by molar-refractivity contribution is 6.28. The second-order valence-corrected chi connectivity index (χ2v) is 4.37. The van der Waals surface area contributed by atoms with Crippen LogP contribution in [-0.2, 0) is 6.18 Å². The van der Waals surface area contributed by atoms with E-state index in [4.69, 9.17) is 11.6 Å². The summed E-state index contributed by atoms with van der Waals surface area (Å²) in [5, 5.41) is 4.81. The van der Waals surface area contributed by atoms with Crippen molar-refractivity contribution in [3.63, 3.8) is 0 Å². The lowest BCUT2D eigenvalue weighted by Crippen LogP contribution is -2.16. The van der Waals surface area contributed by atoms with Gasteiger partial charge in [0.2, 0.25) is 17.2 Å². The molecule has 1 amide bonds. The Balaban J connectivity index is 2.17. The lowest BCUT2D eigenvalue weighted by molar-refractivity contribution is -0.137. The summed E-state index contributed by atoms with van der Waals surface area (Å²) >= 11 is 5.65. The standard InChI is InChI=1S/C12H9ClF3N5O/c1-17-10-19-9(13)20-11(21-10)18-8(22)6-2-4-7(5-3-6)12(14,15)16/h2-5H,1H3,(H2,17,18,19,20,21,22). The molecule has 1 heterocycles. The van der Waals surface area contributed by atoms with Gasteiger partial charge in [-0.05, 0) is 35.9 Å². The maximum Gasteiger partial charge on any atom is 0.416 e. The van der Waals surface area contributed by atoms with E-state index in [1.807, 2.05) is 0 Å². The summed E-state index contributed by atoms with van der Waals surface area (Å²) in [5.41, 5.74) is -0.819. The number of hydrogen-bond donors (Lipinski definition) is 2. The number of alkyl halides is 3. The molecular formula is C12H9ClF3N5O. The molecule has 1 aromatic carbocycles. The van der Waals surface area contributed by atoms with E-state index in [0.717, 1.165) is 24.3 Å². The summed E-state index contributed by atoms with van der Waals surface area (Å²) < 4.78 is 37.3. The largest absolute Gasteiger partial charge is 0.416 e. The summed E-state index contributed by atoms with van der Waals surface area (Å²) in [4.78, 5) is 23.2. The van der Waals surface area contributed by atoms with Gasteiger partial charge in [0.1, 0.15) is 0 Å². The molecular weight excluding hydrogens is 323 g/mol. The van der Waals surface area contributed by atoms with E-state index in [1.54, 1.807) is 7.05 Å². The lowest BCUT2D eigenvalue weighted by Gasteiger charge is -2.08. The van der Waals surface area contributed by atoms with Crippen LogP contribution in [0.25, 0.3) is 0 Å². The van der Waals surface area contributed by atoms with Crippen LogP contribution in [-0.4, -0.2) is 27.9 Å². The summed E-state index contributed by atoms with van der Waals surface area (Å²) in [6.45, 7) is 0. The van der Waals surface area contributed by atoms with E-state index in [9.17, 15) is 18.0 Å². The fourth-order valence-corrected chi connectivity index (χ4v) is 1.66. The van der Waals surface area contributed by atoms with Gasteiger partial charge in [0.05, 0.1) is 5.56 Å². The summed E-state index contributed by atoms with van der Waals surface area (Å²) in [6.07, 6.45) is -4.46. The zero-order valence-electron chi connectivity index (χ0n) is 11.1. The molecule has 0 fully saturated rings. The first-order valence-corrected chi connectivity index (χ1v) is 6.25. The van der Waals surface area contributed by atoms with Crippen molar-refractivity contribution < 1.29 is 18.0 Å². The van der Waals surface area contributed by atoms with Crippen molar-refractivity contribution >= 4 is 29.4 Å². The van der Waals surface area contributed by atoms with Crippen molar-refractivity contribution in [1.29, 1.82) is 0 Å². The molecule has 0 spiro atoms. The number of nitrogens with one attached hydrogen (secondary N) is 2. The monoisotopic (exact) mass is 331 g/mol. The number of hydrogen-bond acceptors (Lipinski definition) is 5. The zero-order chi connectivity index (χ0) is 16.3. The van der Waals surface area contributed by atoms with Gasteiger partial charge in [-0.1, -0.05) is 0 Å². The Morgan fingerprint density at radius 3 is 2.23 bits per heavy atom. The van der Waals surface area contributed by atoms with E-state index in [-0.39, 0.29) is 22.7 Å². The highest BCUT2D eigenvalue weighted by Gasteiger charge is 2.30.